The van der Waals surface area contributed by atoms with Crippen LogP contribution in [0.1, 0.15) is 28.8 Å². The highest BCUT2D eigenvalue weighted by Gasteiger charge is 2.32. The molecule has 0 bridgehead atoms. The Balaban J connectivity index is 1.91. The molecule has 0 aromatic heterocycles. The first-order valence-electron chi connectivity index (χ1n) is 8.04. The summed E-state index contributed by atoms with van der Waals surface area (Å²) in [5, 5.41) is 0.780. The molecule has 122 valence electrons. The van der Waals surface area contributed by atoms with Crippen molar-refractivity contribution >= 4 is 11.6 Å². The van der Waals surface area contributed by atoms with Gasteiger partial charge < -0.3 is 5.73 Å². The number of hydrogen-bond acceptors (Lipinski definition) is 3. The van der Waals surface area contributed by atoms with Gasteiger partial charge in [0.15, 0.2) is 0 Å². The van der Waals surface area contributed by atoms with E-state index in [0.717, 1.165) is 18.1 Å². The lowest BCUT2D eigenvalue weighted by Gasteiger charge is -2.42. The number of likely N-dealkylation sites (N-methyl/N-ethyl adjacent to an activating group) is 2. The van der Waals surface area contributed by atoms with E-state index in [0.29, 0.717) is 12.6 Å². The molecule has 1 aliphatic heterocycles. The molecule has 0 saturated carbocycles. The first-order chi connectivity index (χ1) is 11.1. The summed E-state index contributed by atoms with van der Waals surface area (Å²) in [6.45, 7) is 2.51. The zero-order valence-corrected chi connectivity index (χ0v) is 14.5. The Hall–Kier alpha value is -1.39. The maximum Gasteiger partial charge on any atom is 0.0479 e. The molecule has 0 fully saturated rings. The van der Waals surface area contributed by atoms with Gasteiger partial charge in [0.1, 0.15) is 0 Å². The quantitative estimate of drug-likeness (QED) is 0.932. The maximum absolute atomic E-state index is 6.23. The van der Waals surface area contributed by atoms with Crippen molar-refractivity contribution in [2.75, 3.05) is 27.2 Å². The summed E-state index contributed by atoms with van der Waals surface area (Å²) in [4.78, 5) is 4.75. The second-order valence-corrected chi connectivity index (χ2v) is 6.82. The second-order valence-electron chi connectivity index (χ2n) is 6.38. The van der Waals surface area contributed by atoms with Crippen molar-refractivity contribution in [1.29, 1.82) is 0 Å². The van der Waals surface area contributed by atoms with Crippen molar-refractivity contribution in [3.8, 4) is 0 Å². The van der Waals surface area contributed by atoms with Crippen molar-refractivity contribution in [2.45, 2.75) is 18.6 Å². The van der Waals surface area contributed by atoms with Gasteiger partial charge in [0.05, 0.1) is 0 Å². The van der Waals surface area contributed by atoms with Gasteiger partial charge in [-0.15, -0.1) is 0 Å². The van der Waals surface area contributed by atoms with Crippen LogP contribution in [0.3, 0.4) is 0 Å². The lowest BCUT2D eigenvalue weighted by Crippen LogP contribution is -2.43. The summed E-state index contributed by atoms with van der Waals surface area (Å²) >= 11 is 6.23. The molecule has 0 amide bonds. The summed E-state index contributed by atoms with van der Waals surface area (Å²) in [5.41, 5.74) is 9.94. The Bertz CT molecular complexity index is 659. The molecule has 3 nitrogen and oxygen atoms in total. The topological polar surface area (TPSA) is 32.5 Å². The fourth-order valence-electron chi connectivity index (χ4n) is 3.54. The van der Waals surface area contributed by atoms with E-state index in [-0.39, 0.29) is 6.04 Å². The largest absolute Gasteiger partial charge is 0.329 e. The van der Waals surface area contributed by atoms with E-state index in [9.17, 15) is 0 Å². The summed E-state index contributed by atoms with van der Waals surface area (Å²) in [5.74, 6) is 0. The first kappa shape index (κ1) is 16.5. The predicted molar refractivity (Wildman–Crippen MR) is 96.5 cm³/mol. The van der Waals surface area contributed by atoms with Gasteiger partial charge in [0.25, 0.3) is 0 Å². The molecule has 0 aliphatic carbocycles. The van der Waals surface area contributed by atoms with Crippen LogP contribution >= 0.6 is 11.6 Å². The van der Waals surface area contributed by atoms with E-state index >= 15 is 0 Å². The minimum Gasteiger partial charge on any atom is -0.329 e. The first-order valence-corrected chi connectivity index (χ1v) is 8.41. The Kier molecular flexibility index (Phi) is 5.02. The van der Waals surface area contributed by atoms with Gasteiger partial charge in [-0.25, -0.2) is 0 Å². The molecule has 0 saturated heterocycles. The van der Waals surface area contributed by atoms with Gasteiger partial charge >= 0.3 is 0 Å². The summed E-state index contributed by atoms with van der Waals surface area (Å²) in [6.07, 6.45) is 0. The Morgan fingerprint density at radius 1 is 1.17 bits per heavy atom. The highest BCUT2D eigenvalue weighted by Crippen LogP contribution is 2.37. The van der Waals surface area contributed by atoms with Crippen LogP contribution in [0.4, 0.5) is 0 Å². The minimum atomic E-state index is 0.241. The Morgan fingerprint density at radius 2 is 1.91 bits per heavy atom. The van der Waals surface area contributed by atoms with Crippen LogP contribution in [-0.4, -0.2) is 37.0 Å². The third-order valence-electron chi connectivity index (χ3n) is 4.79. The normalized spacial score (nSPS) is 21.4. The monoisotopic (exact) mass is 329 g/mol. The molecule has 2 aromatic carbocycles. The minimum absolute atomic E-state index is 0.241. The lowest BCUT2D eigenvalue weighted by atomic mass is 9.89. The van der Waals surface area contributed by atoms with Gasteiger partial charge in [0, 0.05) is 36.7 Å². The summed E-state index contributed by atoms with van der Waals surface area (Å²) in [7, 11) is 4.33. The zero-order valence-electron chi connectivity index (χ0n) is 13.7. The van der Waals surface area contributed by atoms with E-state index in [1.165, 1.54) is 16.7 Å². The number of rotatable bonds is 4. The van der Waals surface area contributed by atoms with Crippen molar-refractivity contribution in [3.63, 3.8) is 0 Å². The standard InChI is InChI=1S/C19H24ClN3/c1-22(12-14-6-4-3-5-7-14)19-13-23(2)18(11-21)17-10-15(20)8-9-16(17)19/h3-10,18-19H,11-13,21H2,1-2H3. The van der Waals surface area contributed by atoms with Crippen LogP contribution in [-0.2, 0) is 6.54 Å². The average Bonchev–Trinajstić information content (AvgIpc) is 2.55. The van der Waals surface area contributed by atoms with Gasteiger partial charge in [-0.05, 0) is 42.9 Å². The van der Waals surface area contributed by atoms with Crippen LogP contribution in [0.2, 0.25) is 5.02 Å². The molecule has 0 radical (unpaired) electrons. The number of benzene rings is 2. The van der Waals surface area contributed by atoms with Crippen molar-refractivity contribution in [3.05, 3.63) is 70.2 Å². The Morgan fingerprint density at radius 3 is 2.61 bits per heavy atom. The molecule has 2 atom stereocenters. The van der Waals surface area contributed by atoms with Crippen LogP contribution < -0.4 is 5.73 Å². The fourth-order valence-corrected chi connectivity index (χ4v) is 3.72. The van der Waals surface area contributed by atoms with Crippen LogP contribution in [0.5, 0.6) is 0 Å². The second kappa shape index (κ2) is 7.02. The third kappa shape index (κ3) is 3.43. The van der Waals surface area contributed by atoms with Gasteiger partial charge in [-0.3, -0.25) is 9.80 Å². The van der Waals surface area contributed by atoms with E-state index in [1.807, 2.05) is 6.07 Å². The molecule has 2 N–H and O–H groups in total. The SMILES string of the molecule is CN(Cc1ccccc1)C1CN(C)C(CN)c2cc(Cl)ccc21. The fraction of sp³-hybridized carbons (Fsp3) is 0.368. The predicted octanol–water partition coefficient (Wildman–Crippen LogP) is 3.46. The molecule has 2 unspecified atom stereocenters. The molecule has 3 rings (SSSR count). The average molecular weight is 330 g/mol. The number of hydrogen-bond donors (Lipinski definition) is 1. The smallest absolute Gasteiger partial charge is 0.0479 e. The van der Waals surface area contributed by atoms with Crippen molar-refractivity contribution in [1.82, 2.24) is 9.80 Å². The molecular weight excluding hydrogens is 306 g/mol. The molecule has 0 spiro atoms. The number of nitrogens with two attached hydrogens (primary N) is 1. The number of nitrogens with zero attached hydrogens (tertiary/aromatic N) is 2. The Labute approximate surface area is 143 Å². The maximum atomic E-state index is 6.23. The third-order valence-corrected chi connectivity index (χ3v) is 5.03. The van der Waals surface area contributed by atoms with Gasteiger partial charge in [0.2, 0.25) is 0 Å². The molecule has 2 aromatic rings. The van der Waals surface area contributed by atoms with Crippen LogP contribution in [0.15, 0.2) is 48.5 Å². The highest BCUT2D eigenvalue weighted by atomic mass is 35.5. The molecular formula is C19H24ClN3. The van der Waals surface area contributed by atoms with E-state index in [2.05, 4.69) is 66.4 Å². The van der Waals surface area contributed by atoms with Crippen molar-refractivity contribution < 1.29 is 0 Å². The van der Waals surface area contributed by atoms with E-state index in [4.69, 9.17) is 17.3 Å². The van der Waals surface area contributed by atoms with Gasteiger partial charge in [-0.1, -0.05) is 48.0 Å². The molecule has 23 heavy (non-hydrogen) atoms. The van der Waals surface area contributed by atoms with Crippen LogP contribution in [0.25, 0.3) is 0 Å². The van der Waals surface area contributed by atoms with Gasteiger partial charge in [-0.2, -0.15) is 0 Å². The number of fused-ring (bicyclic) bond motifs is 1. The molecule has 4 heteroatoms. The number of halogens is 1. The van der Waals surface area contributed by atoms with Crippen LogP contribution in [0, 0.1) is 0 Å². The van der Waals surface area contributed by atoms with E-state index in [1.54, 1.807) is 0 Å². The summed E-state index contributed by atoms with van der Waals surface area (Å²) < 4.78 is 0. The molecule has 1 heterocycles. The molecule has 1 aliphatic rings. The lowest BCUT2D eigenvalue weighted by molar-refractivity contribution is 0.126. The summed E-state index contributed by atoms with van der Waals surface area (Å²) in [6, 6.07) is 17.4. The van der Waals surface area contributed by atoms with Crippen molar-refractivity contribution in [2.24, 2.45) is 5.73 Å². The highest BCUT2D eigenvalue weighted by molar-refractivity contribution is 6.30. The van der Waals surface area contributed by atoms with E-state index < -0.39 is 0 Å². The zero-order chi connectivity index (χ0) is 16.4.